The van der Waals surface area contributed by atoms with Gasteiger partial charge in [0.25, 0.3) is 0 Å². The summed E-state index contributed by atoms with van der Waals surface area (Å²) in [6.45, 7) is 11.4. The van der Waals surface area contributed by atoms with E-state index >= 15 is 0 Å². The Morgan fingerprint density at radius 2 is 2.16 bits per heavy atom. The molecular weight excluding hydrogens is 334 g/mol. The number of fused-ring (bicyclic) bond motifs is 1. The van der Waals surface area contributed by atoms with Crippen LogP contribution < -0.4 is 5.32 Å². The molecule has 0 aromatic carbocycles. The van der Waals surface area contributed by atoms with Gasteiger partial charge in [0.15, 0.2) is 0 Å². The highest BCUT2D eigenvalue weighted by Crippen LogP contribution is 2.34. The first-order valence-corrected chi connectivity index (χ1v) is 9.65. The normalized spacial score (nSPS) is 18.4. The van der Waals surface area contributed by atoms with Gasteiger partial charge in [0.1, 0.15) is 11.4 Å². The van der Waals surface area contributed by atoms with Gasteiger partial charge in [0.05, 0.1) is 0 Å². The van der Waals surface area contributed by atoms with Gasteiger partial charge in [-0.2, -0.15) is 0 Å². The molecule has 1 amide bonds. The van der Waals surface area contributed by atoms with Crippen LogP contribution in [0.2, 0.25) is 0 Å². The molecule has 0 radical (unpaired) electrons. The minimum Gasteiger partial charge on any atom is -0.444 e. The van der Waals surface area contributed by atoms with Crippen LogP contribution in [0, 0.1) is 13.8 Å². The van der Waals surface area contributed by atoms with E-state index < -0.39 is 5.60 Å². The predicted molar refractivity (Wildman–Crippen MR) is 104 cm³/mol. The number of anilines is 1. The van der Waals surface area contributed by atoms with Crippen LogP contribution in [0.15, 0.2) is 12.3 Å². The number of nitrogens with one attached hydrogen (secondary N) is 1. The molecule has 3 heterocycles. The number of aryl methyl sites for hydroxylation is 2. The number of piperidine rings is 1. The fourth-order valence-electron chi connectivity index (χ4n) is 3.20. The van der Waals surface area contributed by atoms with Crippen LogP contribution in [0.5, 0.6) is 0 Å². The maximum atomic E-state index is 12.3. The standard InChI is InChI=1S/C19H27N3O2S/c1-12-13(2)25-15-8-9-20-17(16(12)15)21-14-7-6-10-22(11-14)18(23)24-19(3,4)5/h8-9,14H,6-7,10-11H2,1-5H3,(H,20,21)/t14-/m1/s1. The van der Waals surface area contributed by atoms with Crippen LogP contribution in [0.25, 0.3) is 10.1 Å². The zero-order valence-corrected chi connectivity index (χ0v) is 16.5. The van der Waals surface area contributed by atoms with Crippen molar-refractivity contribution in [3.63, 3.8) is 0 Å². The number of pyridine rings is 1. The topological polar surface area (TPSA) is 54.5 Å². The maximum Gasteiger partial charge on any atom is 0.410 e. The zero-order valence-electron chi connectivity index (χ0n) is 15.7. The van der Waals surface area contributed by atoms with E-state index in [0.29, 0.717) is 6.54 Å². The summed E-state index contributed by atoms with van der Waals surface area (Å²) in [5.74, 6) is 0.926. The van der Waals surface area contributed by atoms with Crippen molar-refractivity contribution in [3.05, 3.63) is 22.7 Å². The van der Waals surface area contributed by atoms with E-state index in [1.807, 2.05) is 27.0 Å². The lowest BCUT2D eigenvalue weighted by Gasteiger charge is -2.34. The zero-order chi connectivity index (χ0) is 18.2. The minimum atomic E-state index is -0.462. The summed E-state index contributed by atoms with van der Waals surface area (Å²) < 4.78 is 6.77. The van der Waals surface area contributed by atoms with Gasteiger partial charge in [0, 0.05) is 40.3 Å². The first-order chi connectivity index (χ1) is 11.7. The Labute approximate surface area is 153 Å². The highest BCUT2D eigenvalue weighted by molar-refractivity contribution is 7.19. The molecule has 136 valence electrons. The van der Waals surface area contributed by atoms with E-state index in [4.69, 9.17) is 4.74 Å². The molecule has 1 aliphatic rings. The van der Waals surface area contributed by atoms with Gasteiger partial charge in [-0.15, -0.1) is 11.3 Å². The van der Waals surface area contributed by atoms with Gasteiger partial charge < -0.3 is 15.0 Å². The molecule has 3 rings (SSSR count). The van der Waals surface area contributed by atoms with Gasteiger partial charge in [-0.25, -0.2) is 9.78 Å². The Bertz CT molecular complexity index is 779. The largest absolute Gasteiger partial charge is 0.444 e. The molecular formula is C19H27N3O2S. The number of aromatic nitrogens is 1. The number of carbonyl (C=O) groups is 1. The van der Waals surface area contributed by atoms with E-state index in [-0.39, 0.29) is 12.1 Å². The quantitative estimate of drug-likeness (QED) is 0.840. The molecule has 1 N–H and O–H groups in total. The average molecular weight is 362 g/mol. The van der Waals surface area contributed by atoms with Crippen molar-refractivity contribution in [2.24, 2.45) is 0 Å². The number of rotatable bonds is 2. The Morgan fingerprint density at radius 3 is 2.88 bits per heavy atom. The number of likely N-dealkylation sites (tertiary alicyclic amines) is 1. The van der Waals surface area contributed by atoms with E-state index in [2.05, 4.69) is 30.2 Å². The van der Waals surface area contributed by atoms with Gasteiger partial charge in [-0.3, -0.25) is 0 Å². The second kappa shape index (κ2) is 6.83. The summed E-state index contributed by atoms with van der Waals surface area (Å²) in [5.41, 5.74) is 0.825. The van der Waals surface area contributed by atoms with Crippen LogP contribution in [-0.4, -0.2) is 40.7 Å². The van der Waals surface area contributed by atoms with E-state index in [9.17, 15) is 4.79 Å². The molecule has 0 bridgehead atoms. The van der Waals surface area contributed by atoms with Crippen molar-refractivity contribution in [1.29, 1.82) is 0 Å². The fraction of sp³-hybridized carbons (Fsp3) is 0.579. The molecule has 6 heteroatoms. The minimum absolute atomic E-state index is 0.193. The summed E-state index contributed by atoms with van der Waals surface area (Å²) in [4.78, 5) is 20.0. The van der Waals surface area contributed by atoms with Gasteiger partial charge >= 0.3 is 6.09 Å². The van der Waals surface area contributed by atoms with Crippen LogP contribution in [0.3, 0.4) is 0 Å². The third kappa shape index (κ3) is 4.06. The lowest BCUT2D eigenvalue weighted by Crippen LogP contribution is -2.47. The second-order valence-electron chi connectivity index (χ2n) is 7.73. The lowest BCUT2D eigenvalue weighted by atomic mass is 10.1. The van der Waals surface area contributed by atoms with E-state index in [1.54, 1.807) is 16.2 Å². The van der Waals surface area contributed by atoms with Gasteiger partial charge in [-0.1, -0.05) is 0 Å². The highest BCUT2D eigenvalue weighted by Gasteiger charge is 2.28. The van der Waals surface area contributed by atoms with E-state index in [1.165, 1.54) is 20.5 Å². The second-order valence-corrected chi connectivity index (χ2v) is 8.98. The number of nitrogens with zero attached hydrogens (tertiary/aromatic N) is 2. The number of amides is 1. The lowest BCUT2D eigenvalue weighted by molar-refractivity contribution is 0.0206. The Hall–Kier alpha value is -1.82. The highest BCUT2D eigenvalue weighted by atomic mass is 32.1. The molecule has 5 nitrogen and oxygen atoms in total. The first kappa shape index (κ1) is 18.0. The maximum absolute atomic E-state index is 12.3. The molecule has 0 saturated carbocycles. The summed E-state index contributed by atoms with van der Waals surface area (Å²) >= 11 is 1.80. The molecule has 25 heavy (non-hydrogen) atoms. The van der Waals surface area contributed by atoms with Crippen LogP contribution in [0.4, 0.5) is 10.6 Å². The molecule has 1 aliphatic heterocycles. The third-order valence-electron chi connectivity index (χ3n) is 4.49. The number of thiophene rings is 1. The van der Waals surface area contributed by atoms with Crippen molar-refractivity contribution < 1.29 is 9.53 Å². The number of carbonyl (C=O) groups excluding carboxylic acids is 1. The monoisotopic (exact) mass is 361 g/mol. The molecule has 1 fully saturated rings. The Balaban J connectivity index is 1.74. The van der Waals surface area contributed by atoms with Crippen LogP contribution >= 0.6 is 11.3 Å². The van der Waals surface area contributed by atoms with Crippen molar-refractivity contribution >= 4 is 33.3 Å². The van der Waals surface area contributed by atoms with Crippen molar-refractivity contribution in [2.75, 3.05) is 18.4 Å². The molecule has 0 unspecified atom stereocenters. The molecule has 1 atom stereocenters. The summed E-state index contributed by atoms with van der Waals surface area (Å²) in [6, 6.07) is 2.26. The van der Waals surface area contributed by atoms with Gasteiger partial charge in [0.2, 0.25) is 0 Å². The molecule has 0 spiro atoms. The summed E-state index contributed by atoms with van der Waals surface area (Å²) in [5, 5.41) is 4.78. The molecule has 2 aromatic heterocycles. The summed E-state index contributed by atoms with van der Waals surface area (Å²) in [7, 11) is 0. The van der Waals surface area contributed by atoms with E-state index in [0.717, 1.165) is 25.2 Å². The predicted octanol–water partition coefficient (Wildman–Crippen LogP) is 4.72. The Morgan fingerprint density at radius 1 is 1.40 bits per heavy atom. The molecule has 2 aromatic rings. The molecule has 0 aliphatic carbocycles. The SMILES string of the molecule is Cc1sc2ccnc(N[C@@H]3CCCN(C(=O)OC(C)(C)C)C3)c2c1C. The van der Waals surface area contributed by atoms with Crippen molar-refractivity contribution in [2.45, 2.75) is 59.1 Å². The van der Waals surface area contributed by atoms with Crippen molar-refractivity contribution in [1.82, 2.24) is 9.88 Å². The smallest absolute Gasteiger partial charge is 0.410 e. The Kier molecular flexibility index (Phi) is 4.91. The number of ether oxygens (including phenoxy) is 1. The van der Waals surface area contributed by atoms with Crippen LogP contribution in [-0.2, 0) is 4.74 Å². The van der Waals surface area contributed by atoms with Gasteiger partial charge in [-0.05, 0) is 59.1 Å². The van der Waals surface area contributed by atoms with Crippen LogP contribution in [0.1, 0.15) is 44.1 Å². The average Bonchev–Trinajstić information content (AvgIpc) is 2.82. The first-order valence-electron chi connectivity index (χ1n) is 8.84. The molecule has 1 saturated heterocycles. The number of hydrogen-bond donors (Lipinski definition) is 1. The third-order valence-corrected chi connectivity index (χ3v) is 5.67. The number of hydrogen-bond acceptors (Lipinski definition) is 5. The summed E-state index contributed by atoms with van der Waals surface area (Å²) in [6.07, 6.45) is 3.62. The van der Waals surface area contributed by atoms with Crippen molar-refractivity contribution in [3.8, 4) is 0 Å². The fourth-order valence-corrected chi connectivity index (χ4v) is 4.26.